The van der Waals surface area contributed by atoms with Gasteiger partial charge in [-0.2, -0.15) is 5.10 Å². The van der Waals surface area contributed by atoms with Crippen molar-refractivity contribution < 1.29 is 13.6 Å². The lowest BCUT2D eigenvalue weighted by Crippen LogP contribution is -2.25. The summed E-state index contributed by atoms with van der Waals surface area (Å²) < 4.78 is 21.2. The summed E-state index contributed by atoms with van der Waals surface area (Å²) in [4.78, 5) is 12.1. The molecule has 3 aromatic rings. The average molecular weight is 346 g/mol. The summed E-state index contributed by atoms with van der Waals surface area (Å²) >= 11 is 6.00. The molecule has 4 rings (SSSR count). The summed E-state index contributed by atoms with van der Waals surface area (Å²) in [6.45, 7) is 0.382. The summed E-state index contributed by atoms with van der Waals surface area (Å²) in [5, 5.41) is 7.57. The van der Waals surface area contributed by atoms with Crippen LogP contribution in [0.5, 0.6) is 0 Å². The second-order valence-corrected chi connectivity index (χ2v) is 6.09. The number of hydrogen-bond acceptors (Lipinski definition) is 3. The average Bonchev–Trinajstić information content (AvgIpc) is 3.20. The van der Waals surface area contributed by atoms with Crippen molar-refractivity contribution in [3.8, 4) is 0 Å². The van der Waals surface area contributed by atoms with E-state index in [0.29, 0.717) is 28.7 Å². The van der Waals surface area contributed by atoms with Crippen LogP contribution < -0.4 is 5.32 Å². The third-order valence-corrected chi connectivity index (χ3v) is 4.34. The Labute approximate surface area is 142 Å². The van der Waals surface area contributed by atoms with Crippen molar-refractivity contribution in [2.75, 3.05) is 5.32 Å². The number of anilines is 1. The standard InChI is InChI=1S/C17H13ClFN3O2/c18-10-3-4-15(19)13(6-10)12-7-16(23)21-17-14(12)8-20-22(17)9-11-2-1-5-24-11/h1-6,8,12H,7,9H2,(H,21,23)/t12-/m0/s1. The second-order valence-electron chi connectivity index (χ2n) is 5.66. The van der Waals surface area contributed by atoms with E-state index < -0.39 is 5.92 Å². The number of benzene rings is 1. The van der Waals surface area contributed by atoms with Gasteiger partial charge in [0.05, 0.1) is 12.5 Å². The Bertz CT molecular complexity index is 905. The number of amides is 1. The molecule has 1 N–H and O–H groups in total. The normalized spacial score (nSPS) is 16.8. The third kappa shape index (κ3) is 2.59. The lowest BCUT2D eigenvalue weighted by Gasteiger charge is -2.24. The van der Waals surface area contributed by atoms with E-state index in [1.807, 2.05) is 6.07 Å². The van der Waals surface area contributed by atoms with Gasteiger partial charge in [0.15, 0.2) is 0 Å². The molecule has 1 aliphatic heterocycles. The Balaban J connectivity index is 1.76. The molecule has 122 valence electrons. The first kappa shape index (κ1) is 15.0. The zero-order chi connectivity index (χ0) is 16.7. The van der Waals surface area contributed by atoms with Crippen LogP contribution in [-0.4, -0.2) is 15.7 Å². The minimum absolute atomic E-state index is 0.150. The number of carbonyl (C=O) groups is 1. The topological polar surface area (TPSA) is 60.1 Å². The number of halogens is 2. The van der Waals surface area contributed by atoms with Crippen LogP contribution in [0.25, 0.3) is 0 Å². The Hall–Kier alpha value is -2.60. The van der Waals surface area contributed by atoms with Crippen LogP contribution in [0.1, 0.15) is 29.2 Å². The molecule has 0 saturated carbocycles. The van der Waals surface area contributed by atoms with Gasteiger partial charge in [-0.1, -0.05) is 11.6 Å². The fraction of sp³-hybridized carbons (Fsp3) is 0.176. The van der Waals surface area contributed by atoms with Crippen LogP contribution >= 0.6 is 11.6 Å². The highest BCUT2D eigenvalue weighted by atomic mass is 35.5. The molecule has 0 saturated heterocycles. The highest BCUT2D eigenvalue weighted by Crippen LogP contribution is 2.39. The molecule has 2 aromatic heterocycles. The monoisotopic (exact) mass is 345 g/mol. The van der Waals surface area contributed by atoms with E-state index in [1.165, 1.54) is 12.1 Å². The second kappa shape index (κ2) is 5.79. The number of carbonyl (C=O) groups excluding carboxylic acids is 1. The van der Waals surface area contributed by atoms with Crippen molar-refractivity contribution in [2.24, 2.45) is 0 Å². The molecule has 0 aliphatic carbocycles. The van der Waals surface area contributed by atoms with Crippen LogP contribution in [0.2, 0.25) is 5.02 Å². The Kier molecular flexibility index (Phi) is 3.61. The first-order valence-corrected chi connectivity index (χ1v) is 7.82. The summed E-state index contributed by atoms with van der Waals surface area (Å²) in [5.74, 6) is 0.285. The quantitative estimate of drug-likeness (QED) is 0.785. The van der Waals surface area contributed by atoms with Gasteiger partial charge < -0.3 is 9.73 Å². The molecule has 5 nitrogen and oxygen atoms in total. The van der Waals surface area contributed by atoms with Crippen molar-refractivity contribution in [3.63, 3.8) is 0 Å². The van der Waals surface area contributed by atoms with Crippen LogP contribution in [0.4, 0.5) is 10.2 Å². The zero-order valence-corrected chi connectivity index (χ0v) is 13.3. The summed E-state index contributed by atoms with van der Waals surface area (Å²) in [7, 11) is 0. The van der Waals surface area contributed by atoms with E-state index in [2.05, 4.69) is 10.4 Å². The van der Waals surface area contributed by atoms with Crippen LogP contribution in [0.15, 0.2) is 47.2 Å². The number of nitrogens with zero attached hydrogens (tertiary/aromatic N) is 2. The van der Waals surface area contributed by atoms with Gasteiger partial charge in [0.1, 0.15) is 23.9 Å². The molecule has 0 fully saturated rings. The maximum absolute atomic E-state index is 14.3. The van der Waals surface area contributed by atoms with Gasteiger partial charge in [-0.05, 0) is 35.9 Å². The minimum atomic E-state index is -0.419. The van der Waals surface area contributed by atoms with Crippen molar-refractivity contribution in [3.05, 3.63) is 70.5 Å². The lowest BCUT2D eigenvalue weighted by atomic mass is 9.87. The number of aromatic nitrogens is 2. The molecule has 0 bridgehead atoms. The van der Waals surface area contributed by atoms with Crippen LogP contribution in [-0.2, 0) is 11.3 Å². The summed E-state index contributed by atoms with van der Waals surface area (Å²) in [5.41, 5.74) is 1.17. The third-order valence-electron chi connectivity index (χ3n) is 4.11. The van der Waals surface area contributed by atoms with Gasteiger partial charge in [-0.25, -0.2) is 9.07 Å². The highest BCUT2D eigenvalue weighted by Gasteiger charge is 2.31. The molecule has 3 heterocycles. The molecule has 1 aromatic carbocycles. The van der Waals surface area contributed by atoms with Crippen molar-refractivity contribution in [2.45, 2.75) is 18.9 Å². The Morgan fingerprint density at radius 3 is 3.04 bits per heavy atom. The number of nitrogens with one attached hydrogen (secondary N) is 1. The lowest BCUT2D eigenvalue weighted by molar-refractivity contribution is -0.116. The maximum atomic E-state index is 14.3. The predicted molar refractivity (Wildman–Crippen MR) is 86.5 cm³/mol. The van der Waals surface area contributed by atoms with Gasteiger partial charge in [-0.3, -0.25) is 4.79 Å². The van der Waals surface area contributed by atoms with Crippen LogP contribution in [0, 0.1) is 5.82 Å². The molecular weight excluding hydrogens is 333 g/mol. The molecule has 1 amide bonds. The van der Waals surface area contributed by atoms with Crippen molar-refractivity contribution >= 4 is 23.3 Å². The first-order chi connectivity index (χ1) is 11.6. The van der Waals surface area contributed by atoms with E-state index >= 15 is 0 Å². The zero-order valence-electron chi connectivity index (χ0n) is 12.5. The van der Waals surface area contributed by atoms with Crippen molar-refractivity contribution in [1.29, 1.82) is 0 Å². The number of rotatable bonds is 3. The minimum Gasteiger partial charge on any atom is -0.467 e. The van der Waals surface area contributed by atoms with Crippen molar-refractivity contribution in [1.82, 2.24) is 9.78 Å². The molecule has 0 spiro atoms. The molecule has 0 unspecified atom stereocenters. The van der Waals surface area contributed by atoms with E-state index in [0.717, 1.165) is 5.56 Å². The molecule has 1 aliphatic rings. The number of hydrogen-bond donors (Lipinski definition) is 1. The summed E-state index contributed by atoms with van der Waals surface area (Å²) in [6, 6.07) is 7.98. The first-order valence-electron chi connectivity index (χ1n) is 7.44. The number of furan rings is 1. The van der Waals surface area contributed by atoms with E-state index in [9.17, 15) is 9.18 Å². The van der Waals surface area contributed by atoms with E-state index in [1.54, 1.807) is 29.3 Å². The molecule has 24 heavy (non-hydrogen) atoms. The van der Waals surface area contributed by atoms with Gasteiger partial charge in [0, 0.05) is 22.9 Å². The molecular formula is C17H13ClFN3O2. The molecule has 7 heteroatoms. The van der Waals surface area contributed by atoms with Gasteiger partial charge >= 0.3 is 0 Å². The SMILES string of the molecule is O=C1C[C@@H](c2cc(Cl)ccc2F)c2cnn(Cc3ccco3)c2N1. The Morgan fingerprint density at radius 2 is 2.25 bits per heavy atom. The van der Waals surface area contributed by atoms with Gasteiger partial charge in [0.2, 0.25) is 5.91 Å². The highest BCUT2D eigenvalue weighted by molar-refractivity contribution is 6.30. The van der Waals surface area contributed by atoms with Crippen LogP contribution in [0.3, 0.4) is 0 Å². The van der Waals surface area contributed by atoms with Gasteiger partial charge in [0.25, 0.3) is 0 Å². The van der Waals surface area contributed by atoms with E-state index in [-0.39, 0.29) is 18.1 Å². The summed E-state index contributed by atoms with van der Waals surface area (Å²) in [6.07, 6.45) is 3.38. The fourth-order valence-corrected chi connectivity index (χ4v) is 3.18. The maximum Gasteiger partial charge on any atom is 0.226 e. The fourth-order valence-electron chi connectivity index (χ4n) is 3.00. The largest absolute Gasteiger partial charge is 0.467 e. The van der Waals surface area contributed by atoms with Gasteiger partial charge in [-0.15, -0.1) is 0 Å². The smallest absolute Gasteiger partial charge is 0.226 e. The van der Waals surface area contributed by atoms with E-state index in [4.69, 9.17) is 16.0 Å². The predicted octanol–water partition coefficient (Wildman–Crippen LogP) is 3.79. The molecule has 1 atom stereocenters. The Morgan fingerprint density at radius 1 is 1.38 bits per heavy atom. The number of fused-ring (bicyclic) bond motifs is 1. The molecule has 0 radical (unpaired) electrons.